The minimum Gasteiger partial charge on any atom is -0.399 e. The summed E-state index contributed by atoms with van der Waals surface area (Å²) in [6.07, 6.45) is 0.917. The minimum atomic E-state index is 0. The molecule has 0 aliphatic carbocycles. The van der Waals surface area contributed by atoms with Gasteiger partial charge in [0.2, 0.25) is 0 Å². The first-order chi connectivity index (χ1) is 8.24. The zero-order valence-corrected chi connectivity index (χ0v) is 8.48. The first-order valence-corrected chi connectivity index (χ1v) is 4.93. The van der Waals surface area contributed by atoms with Crippen LogP contribution in [0.3, 0.4) is 0 Å². The molecule has 0 saturated heterocycles. The first kappa shape index (κ1) is 10.6. The Balaban J connectivity index is 0.000000917. The van der Waals surface area contributed by atoms with E-state index in [4.69, 9.17) is 14.4 Å². The highest BCUT2D eigenvalue weighted by Gasteiger charge is 1.95. The largest absolute Gasteiger partial charge is 0.399 e. The lowest BCUT2D eigenvalue weighted by atomic mass is 10.0. The molecule has 2 nitrogen and oxygen atoms in total. The van der Waals surface area contributed by atoms with Gasteiger partial charge in [0, 0.05) is 14.3 Å². The number of nitrogens with two attached hydrogens (primary N) is 2. The maximum absolute atomic E-state index is 5.62. The molecular formula is C14H20N2. The van der Waals surface area contributed by atoms with E-state index in [-0.39, 0.29) is 7.43 Å². The highest BCUT2D eigenvalue weighted by molar-refractivity contribution is 5.43. The summed E-state index contributed by atoms with van der Waals surface area (Å²) in [5, 5.41) is 0. The fourth-order valence-corrected chi connectivity index (χ4v) is 1.51. The zero-order valence-electron chi connectivity index (χ0n) is 10.5. The van der Waals surface area contributed by atoms with E-state index in [2.05, 4.69) is 0 Å². The molecule has 0 radical (unpaired) electrons. The van der Waals surface area contributed by atoms with Gasteiger partial charge >= 0.3 is 0 Å². The molecule has 0 saturated carbocycles. The predicted octanol–water partition coefficient (Wildman–Crippen LogP) is 3.32. The number of benzene rings is 2. The van der Waals surface area contributed by atoms with Crippen molar-refractivity contribution in [3.8, 4) is 0 Å². The quantitative estimate of drug-likeness (QED) is 0.760. The van der Waals surface area contributed by atoms with Crippen LogP contribution >= 0.6 is 0 Å². The van der Waals surface area contributed by atoms with Gasteiger partial charge in [0.1, 0.15) is 0 Å². The topological polar surface area (TPSA) is 52.0 Å². The molecule has 16 heavy (non-hydrogen) atoms. The van der Waals surface area contributed by atoms with E-state index >= 15 is 0 Å². The Morgan fingerprint density at radius 2 is 1.06 bits per heavy atom. The second-order valence-electron chi connectivity index (χ2n) is 3.66. The lowest BCUT2D eigenvalue weighted by Crippen LogP contribution is -1.90. The second kappa shape index (κ2) is 5.21. The van der Waals surface area contributed by atoms with Gasteiger partial charge in [-0.05, 0) is 41.8 Å². The summed E-state index contributed by atoms with van der Waals surface area (Å²) in [6, 6.07) is 15.9. The SMILES string of the molecule is C.Nc1ccc(Cc2ccc(N)cc2)cc1.[2H][2H]. The van der Waals surface area contributed by atoms with E-state index in [1.54, 1.807) is 0 Å². The van der Waals surface area contributed by atoms with Crippen molar-refractivity contribution in [2.75, 3.05) is 11.5 Å². The number of hydrogen-bond acceptors (Lipinski definition) is 2. The number of rotatable bonds is 2. The molecule has 0 fully saturated rings. The van der Waals surface area contributed by atoms with Gasteiger partial charge in [-0.3, -0.25) is 0 Å². The lowest BCUT2D eigenvalue weighted by molar-refractivity contribution is 1.19. The highest BCUT2D eigenvalue weighted by atomic mass is 14.5. The van der Waals surface area contributed by atoms with E-state index in [1.807, 2.05) is 48.5 Å². The zero-order chi connectivity index (χ0) is 12.7. The molecule has 0 aliphatic rings. The van der Waals surface area contributed by atoms with Gasteiger partial charge in [0.15, 0.2) is 0 Å². The fraction of sp³-hybridized carbons (Fsp3) is 0.143. The van der Waals surface area contributed by atoms with Gasteiger partial charge in [-0.1, -0.05) is 31.7 Å². The molecule has 0 aliphatic heterocycles. The Morgan fingerprint density at radius 1 is 0.750 bits per heavy atom. The van der Waals surface area contributed by atoms with Crippen LogP contribution in [0.4, 0.5) is 11.4 Å². The van der Waals surface area contributed by atoms with Gasteiger partial charge in [-0.2, -0.15) is 0 Å². The molecule has 0 heterocycles. The minimum absolute atomic E-state index is 0. The van der Waals surface area contributed by atoms with Crippen molar-refractivity contribution in [1.82, 2.24) is 0 Å². The average molecular weight is 218 g/mol. The summed E-state index contributed by atoms with van der Waals surface area (Å²) < 4.78 is 10.0. The van der Waals surface area contributed by atoms with Crippen LogP contribution in [0.5, 0.6) is 0 Å². The first-order valence-electron chi connectivity index (χ1n) is 5.93. The van der Waals surface area contributed by atoms with Crippen molar-refractivity contribution >= 4 is 11.4 Å². The summed E-state index contributed by atoms with van der Waals surface area (Å²) >= 11 is 0. The third kappa shape index (κ3) is 3.02. The molecule has 0 unspecified atom stereocenters. The molecule has 2 rings (SSSR count). The molecule has 86 valence electrons. The van der Waals surface area contributed by atoms with Crippen LogP contribution in [0.15, 0.2) is 48.5 Å². The van der Waals surface area contributed by atoms with Crippen LogP contribution in [0.1, 0.15) is 21.5 Å². The van der Waals surface area contributed by atoms with Crippen molar-refractivity contribution in [1.29, 1.82) is 0 Å². The van der Waals surface area contributed by atoms with Crippen LogP contribution in [0.25, 0.3) is 0 Å². The molecule has 2 heteroatoms. The summed E-state index contributed by atoms with van der Waals surface area (Å²) in [5.74, 6) is 0. The Hall–Kier alpha value is -1.96. The Bertz CT molecular complexity index is 395. The summed E-state index contributed by atoms with van der Waals surface area (Å²) in [4.78, 5) is 0. The fourth-order valence-electron chi connectivity index (χ4n) is 1.51. The van der Waals surface area contributed by atoms with Crippen molar-refractivity contribution in [3.05, 3.63) is 59.7 Å². The van der Waals surface area contributed by atoms with Crippen molar-refractivity contribution in [2.45, 2.75) is 13.8 Å². The summed E-state index contributed by atoms with van der Waals surface area (Å²) in [6.45, 7) is 0. The number of hydrogen-bond donors (Lipinski definition) is 2. The van der Waals surface area contributed by atoms with Crippen LogP contribution in [0, 0.1) is 0 Å². The van der Waals surface area contributed by atoms with Crippen molar-refractivity contribution < 1.29 is 2.97 Å². The Kier molecular flexibility index (Phi) is 3.44. The van der Waals surface area contributed by atoms with Crippen LogP contribution < -0.4 is 11.5 Å². The van der Waals surface area contributed by atoms with Crippen LogP contribution in [-0.4, -0.2) is 0 Å². The molecule has 2 aromatic carbocycles. The molecule has 0 spiro atoms. The molecule has 0 bridgehead atoms. The second-order valence-corrected chi connectivity index (χ2v) is 3.66. The Morgan fingerprint density at radius 3 is 1.38 bits per heavy atom. The van der Waals surface area contributed by atoms with Gasteiger partial charge in [0.25, 0.3) is 0 Å². The van der Waals surface area contributed by atoms with E-state index in [0.29, 0.717) is 0 Å². The summed E-state index contributed by atoms with van der Waals surface area (Å²) in [7, 11) is 0. The molecule has 0 aromatic heterocycles. The predicted molar refractivity (Wildman–Crippen MR) is 73.4 cm³/mol. The number of anilines is 2. The van der Waals surface area contributed by atoms with E-state index in [9.17, 15) is 0 Å². The van der Waals surface area contributed by atoms with Crippen molar-refractivity contribution in [3.63, 3.8) is 0 Å². The third-order valence-corrected chi connectivity index (χ3v) is 2.37. The van der Waals surface area contributed by atoms with Gasteiger partial charge in [0.05, 0.1) is 0 Å². The van der Waals surface area contributed by atoms with Gasteiger partial charge in [-0.15, -0.1) is 0 Å². The maximum Gasteiger partial charge on any atom is 0.0314 e. The van der Waals surface area contributed by atoms with Crippen molar-refractivity contribution in [2.24, 2.45) is 0 Å². The molecule has 4 N–H and O–H groups in total. The lowest BCUT2D eigenvalue weighted by Gasteiger charge is -2.02. The van der Waals surface area contributed by atoms with E-state index in [0.717, 1.165) is 17.8 Å². The molecular weight excluding hydrogens is 196 g/mol. The number of nitrogen functional groups attached to an aromatic ring is 2. The smallest absolute Gasteiger partial charge is 0.0314 e. The van der Waals surface area contributed by atoms with Crippen LogP contribution in [-0.2, 0) is 6.42 Å². The summed E-state index contributed by atoms with van der Waals surface area (Å²) in [5.41, 5.74) is 15.4. The normalized spacial score (nSPS) is 10.0. The molecule has 0 atom stereocenters. The molecule has 2 aromatic rings. The van der Waals surface area contributed by atoms with E-state index < -0.39 is 0 Å². The van der Waals surface area contributed by atoms with Crippen LogP contribution in [0.2, 0.25) is 0 Å². The van der Waals surface area contributed by atoms with Gasteiger partial charge < -0.3 is 11.5 Å². The highest BCUT2D eigenvalue weighted by Crippen LogP contribution is 2.13. The van der Waals surface area contributed by atoms with E-state index in [1.165, 1.54) is 11.1 Å². The molecule has 0 amide bonds. The standard InChI is InChI=1S/C13H14N2.CH4.H2/c14-12-5-1-10(2-6-12)9-11-3-7-13(15)8-4-11;;/h1-8H,9,14-15H2;1H4;1H/i;;1+1D. The third-order valence-electron chi connectivity index (χ3n) is 2.37. The Labute approximate surface area is 100.0 Å². The average Bonchev–Trinajstić information content (AvgIpc) is 2.37. The maximum atomic E-state index is 5.62. The van der Waals surface area contributed by atoms with Gasteiger partial charge in [-0.25, -0.2) is 0 Å². The monoisotopic (exact) mass is 218 g/mol.